The van der Waals surface area contributed by atoms with Crippen molar-refractivity contribution in [3.63, 3.8) is 0 Å². The van der Waals surface area contributed by atoms with Crippen LogP contribution in [0.4, 0.5) is 19.0 Å². The fourth-order valence-corrected chi connectivity index (χ4v) is 3.13. The van der Waals surface area contributed by atoms with E-state index in [2.05, 4.69) is 20.3 Å². The van der Waals surface area contributed by atoms with Crippen LogP contribution in [0.25, 0.3) is 16.7 Å². The summed E-state index contributed by atoms with van der Waals surface area (Å²) in [6, 6.07) is 6.18. The van der Waals surface area contributed by atoms with Crippen LogP contribution >= 0.6 is 0 Å². The molecule has 0 aliphatic heterocycles. The Kier molecular flexibility index (Phi) is 4.10. The fraction of sp³-hybridized carbons (Fsp3) is 0.211. The monoisotopic (exact) mass is 387 g/mol. The summed E-state index contributed by atoms with van der Waals surface area (Å²) >= 11 is 0. The van der Waals surface area contributed by atoms with Crippen LogP contribution in [0.3, 0.4) is 0 Å². The molecule has 3 heterocycles. The van der Waals surface area contributed by atoms with Crippen molar-refractivity contribution in [2.45, 2.75) is 26.1 Å². The van der Waals surface area contributed by atoms with Crippen LogP contribution < -0.4 is 5.32 Å². The summed E-state index contributed by atoms with van der Waals surface area (Å²) in [5.41, 5.74) is 0.659. The van der Waals surface area contributed by atoms with Crippen molar-refractivity contribution >= 4 is 22.5 Å². The van der Waals surface area contributed by atoms with Gasteiger partial charge < -0.3 is 10.4 Å². The molecule has 0 aliphatic carbocycles. The molecular weight excluding hydrogens is 371 g/mol. The molecular formula is C19H16F3N5O. The number of halogens is 3. The number of anilines is 1. The van der Waals surface area contributed by atoms with Gasteiger partial charge >= 0.3 is 6.18 Å². The normalized spacial score (nSPS) is 13.2. The predicted molar refractivity (Wildman–Crippen MR) is 98.2 cm³/mol. The maximum absolute atomic E-state index is 13.0. The van der Waals surface area contributed by atoms with Gasteiger partial charge in [0, 0.05) is 18.4 Å². The van der Waals surface area contributed by atoms with Gasteiger partial charge in [0.2, 0.25) is 0 Å². The van der Waals surface area contributed by atoms with Gasteiger partial charge in [-0.2, -0.15) is 13.2 Å². The molecule has 28 heavy (non-hydrogen) atoms. The molecule has 0 saturated carbocycles. The van der Waals surface area contributed by atoms with Gasteiger partial charge in [0.25, 0.3) is 0 Å². The van der Waals surface area contributed by atoms with E-state index in [1.807, 2.05) is 0 Å². The van der Waals surface area contributed by atoms with Gasteiger partial charge in [-0.25, -0.2) is 15.0 Å². The second-order valence-electron chi connectivity index (χ2n) is 6.50. The number of nitrogens with one attached hydrogen (secondary N) is 1. The van der Waals surface area contributed by atoms with Crippen LogP contribution in [0.1, 0.15) is 29.9 Å². The third-order valence-electron chi connectivity index (χ3n) is 4.48. The number of aromatic nitrogens is 4. The van der Waals surface area contributed by atoms with Gasteiger partial charge in [-0.05, 0) is 37.6 Å². The molecule has 1 aromatic carbocycles. The first-order chi connectivity index (χ1) is 13.2. The Morgan fingerprint density at radius 3 is 2.68 bits per heavy atom. The minimum atomic E-state index is -4.41. The average molecular weight is 387 g/mol. The third-order valence-corrected chi connectivity index (χ3v) is 4.48. The summed E-state index contributed by atoms with van der Waals surface area (Å²) in [7, 11) is 0. The van der Waals surface area contributed by atoms with Gasteiger partial charge in [0.05, 0.1) is 10.9 Å². The highest BCUT2D eigenvalue weighted by atomic mass is 19.4. The van der Waals surface area contributed by atoms with E-state index in [9.17, 15) is 18.3 Å². The highest BCUT2D eigenvalue weighted by molar-refractivity contribution is 5.91. The first-order valence-corrected chi connectivity index (χ1v) is 8.51. The number of hydrogen-bond acceptors (Lipinski definition) is 5. The van der Waals surface area contributed by atoms with Crippen molar-refractivity contribution in [3.8, 4) is 5.75 Å². The van der Waals surface area contributed by atoms with Gasteiger partial charge in [-0.15, -0.1) is 0 Å². The Morgan fingerprint density at radius 2 is 1.93 bits per heavy atom. The summed E-state index contributed by atoms with van der Waals surface area (Å²) < 4.78 is 40.7. The summed E-state index contributed by atoms with van der Waals surface area (Å²) in [5, 5.41) is 13.9. The molecule has 6 nitrogen and oxygen atoms in total. The van der Waals surface area contributed by atoms with E-state index >= 15 is 0 Å². The van der Waals surface area contributed by atoms with E-state index in [1.54, 1.807) is 36.7 Å². The van der Waals surface area contributed by atoms with Gasteiger partial charge in [-0.3, -0.25) is 4.40 Å². The van der Waals surface area contributed by atoms with Crippen LogP contribution in [0.15, 0.2) is 42.7 Å². The zero-order chi connectivity index (χ0) is 20.1. The van der Waals surface area contributed by atoms with Crippen molar-refractivity contribution in [1.29, 1.82) is 0 Å². The lowest BCUT2D eigenvalue weighted by atomic mass is 10.0. The Balaban J connectivity index is 1.79. The highest BCUT2D eigenvalue weighted by Gasteiger charge is 2.30. The number of pyridine rings is 1. The van der Waals surface area contributed by atoms with Crippen LogP contribution in [0.2, 0.25) is 0 Å². The zero-order valence-electron chi connectivity index (χ0n) is 15.0. The number of imidazole rings is 1. The summed E-state index contributed by atoms with van der Waals surface area (Å²) in [5.74, 6) is 0.852. The molecule has 0 bridgehead atoms. The first-order valence-electron chi connectivity index (χ1n) is 8.51. The lowest BCUT2D eigenvalue weighted by Gasteiger charge is -2.18. The van der Waals surface area contributed by atoms with Crippen molar-refractivity contribution in [1.82, 2.24) is 19.4 Å². The quantitative estimate of drug-likeness (QED) is 0.542. The van der Waals surface area contributed by atoms with Crippen LogP contribution in [-0.2, 0) is 6.18 Å². The molecule has 0 radical (unpaired) electrons. The number of benzene rings is 1. The molecule has 0 fully saturated rings. The fourth-order valence-electron chi connectivity index (χ4n) is 3.13. The van der Waals surface area contributed by atoms with Crippen LogP contribution in [0.5, 0.6) is 5.75 Å². The molecule has 144 valence electrons. The van der Waals surface area contributed by atoms with Crippen LogP contribution in [-0.4, -0.2) is 24.5 Å². The van der Waals surface area contributed by atoms with Gasteiger partial charge in [0.15, 0.2) is 17.0 Å². The summed E-state index contributed by atoms with van der Waals surface area (Å²) in [4.78, 5) is 12.9. The second-order valence-corrected chi connectivity index (χ2v) is 6.50. The number of aryl methyl sites for hydroxylation is 1. The number of fused-ring (bicyclic) bond motifs is 3. The number of alkyl halides is 3. The standard InChI is InChI=1S/C19H16F3N5O/c1-10(12-4-3-5-13(8-12)19(20,21)22)24-16-14-9-15(28)18-23-6-7-27(18)17(14)26-11(2)25-16/h3-10,28H,1-2H3,(H,24,25,26)/t10-/m1/s1. The van der Waals surface area contributed by atoms with Crippen molar-refractivity contribution < 1.29 is 18.3 Å². The molecule has 4 aromatic rings. The zero-order valence-corrected chi connectivity index (χ0v) is 15.0. The average Bonchev–Trinajstić information content (AvgIpc) is 3.13. The van der Waals surface area contributed by atoms with E-state index in [0.717, 1.165) is 12.1 Å². The lowest BCUT2D eigenvalue weighted by Crippen LogP contribution is -2.12. The van der Waals surface area contributed by atoms with E-state index < -0.39 is 17.8 Å². The topological polar surface area (TPSA) is 75.3 Å². The first kappa shape index (κ1) is 18.0. The number of hydrogen-bond donors (Lipinski definition) is 2. The molecule has 1 atom stereocenters. The van der Waals surface area contributed by atoms with Crippen LogP contribution in [0, 0.1) is 6.92 Å². The molecule has 0 aliphatic rings. The summed E-state index contributed by atoms with van der Waals surface area (Å²) in [6.07, 6.45) is -1.19. The molecule has 0 spiro atoms. The molecule has 3 aromatic heterocycles. The number of nitrogens with zero attached hydrogens (tertiary/aromatic N) is 4. The molecule has 2 N–H and O–H groups in total. The molecule has 4 rings (SSSR count). The summed E-state index contributed by atoms with van der Waals surface area (Å²) in [6.45, 7) is 3.46. The highest BCUT2D eigenvalue weighted by Crippen LogP contribution is 2.33. The predicted octanol–water partition coefficient (Wildman–Crippen LogP) is 4.48. The van der Waals surface area contributed by atoms with Crippen molar-refractivity contribution in [2.24, 2.45) is 0 Å². The number of rotatable bonds is 3. The minimum absolute atomic E-state index is 0.0419. The van der Waals surface area contributed by atoms with E-state index in [-0.39, 0.29) is 5.75 Å². The third kappa shape index (κ3) is 3.08. The molecule has 0 saturated heterocycles. The van der Waals surface area contributed by atoms with Crippen molar-refractivity contribution in [2.75, 3.05) is 5.32 Å². The van der Waals surface area contributed by atoms with Crippen molar-refractivity contribution in [3.05, 3.63) is 59.7 Å². The van der Waals surface area contributed by atoms with E-state index in [4.69, 9.17) is 0 Å². The smallest absolute Gasteiger partial charge is 0.416 e. The largest absolute Gasteiger partial charge is 0.504 e. The lowest BCUT2D eigenvalue weighted by molar-refractivity contribution is -0.137. The maximum atomic E-state index is 13.0. The minimum Gasteiger partial charge on any atom is -0.504 e. The molecule has 9 heteroatoms. The SMILES string of the molecule is Cc1nc(N[C@H](C)c2cccc(C(F)(F)F)c2)c2cc(O)c3nccn3c2n1. The Hall–Kier alpha value is -3.36. The van der Waals surface area contributed by atoms with Gasteiger partial charge in [0.1, 0.15) is 11.6 Å². The molecule has 0 amide bonds. The van der Waals surface area contributed by atoms with E-state index in [0.29, 0.717) is 33.9 Å². The Labute approximate surface area is 157 Å². The second kappa shape index (κ2) is 6.36. The maximum Gasteiger partial charge on any atom is 0.416 e. The van der Waals surface area contributed by atoms with E-state index in [1.165, 1.54) is 12.1 Å². The molecule has 0 unspecified atom stereocenters. The Bertz CT molecular complexity index is 1190. The van der Waals surface area contributed by atoms with Gasteiger partial charge in [-0.1, -0.05) is 12.1 Å². The Morgan fingerprint density at radius 1 is 1.14 bits per heavy atom. The number of aromatic hydroxyl groups is 1.